The number of carbonyl (C=O) groups excluding carboxylic acids is 2. The van der Waals surface area contributed by atoms with Crippen LogP contribution in [0.2, 0.25) is 0 Å². The minimum Gasteiger partial charge on any atom is -0.463 e. The lowest BCUT2D eigenvalue weighted by molar-refractivity contribution is -0.140. The van der Waals surface area contributed by atoms with E-state index in [1.54, 1.807) is 19.2 Å². The van der Waals surface area contributed by atoms with Crippen LogP contribution in [0.3, 0.4) is 0 Å². The van der Waals surface area contributed by atoms with Crippen LogP contribution in [0.25, 0.3) is 0 Å². The van der Waals surface area contributed by atoms with Gasteiger partial charge in [-0.2, -0.15) is 0 Å². The maximum absolute atomic E-state index is 13.0. The Balaban J connectivity index is 2.20. The molecule has 0 aliphatic carbocycles. The molecule has 2 rings (SSSR count). The summed E-state index contributed by atoms with van der Waals surface area (Å²) < 4.78 is 10.9. The predicted molar refractivity (Wildman–Crippen MR) is 116 cm³/mol. The van der Waals surface area contributed by atoms with Gasteiger partial charge in [0.2, 0.25) is 0 Å². The molecule has 1 aromatic rings. The highest BCUT2D eigenvalue weighted by Crippen LogP contribution is 2.38. The zero-order valence-corrected chi connectivity index (χ0v) is 18.6. The minimum absolute atomic E-state index is 0.255. The summed E-state index contributed by atoms with van der Waals surface area (Å²) in [4.78, 5) is 30.2. The number of ether oxygens (including phenoxy) is 2. The van der Waals surface area contributed by atoms with Crippen molar-refractivity contribution in [1.29, 1.82) is 0 Å². The Labute approximate surface area is 179 Å². The first-order valence-corrected chi connectivity index (χ1v) is 10.9. The van der Waals surface area contributed by atoms with Gasteiger partial charge in [0.05, 0.1) is 36.0 Å². The summed E-state index contributed by atoms with van der Waals surface area (Å²) in [6.07, 6.45) is 8.35. The second-order valence-corrected chi connectivity index (χ2v) is 7.51. The van der Waals surface area contributed by atoms with E-state index in [0.29, 0.717) is 34.8 Å². The number of dihydropyridines is 1. The van der Waals surface area contributed by atoms with E-state index in [1.165, 1.54) is 19.3 Å². The number of nitrogens with zero attached hydrogens (tertiary/aromatic N) is 1. The Morgan fingerprint density at radius 1 is 0.933 bits per heavy atom. The Kier molecular flexibility index (Phi) is 9.58. The van der Waals surface area contributed by atoms with Crippen LogP contribution in [0, 0.1) is 0 Å². The average molecular weight is 415 g/mol. The van der Waals surface area contributed by atoms with E-state index in [9.17, 15) is 9.59 Å². The quantitative estimate of drug-likeness (QED) is 0.415. The molecule has 1 atom stereocenters. The van der Waals surface area contributed by atoms with Gasteiger partial charge in [0.25, 0.3) is 0 Å². The van der Waals surface area contributed by atoms with Gasteiger partial charge in [-0.1, -0.05) is 45.1 Å². The second kappa shape index (κ2) is 12.2. The Morgan fingerprint density at radius 3 is 2.17 bits per heavy atom. The lowest BCUT2D eigenvalue weighted by Gasteiger charge is -2.29. The first-order chi connectivity index (χ1) is 14.5. The van der Waals surface area contributed by atoms with Crippen molar-refractivity contribution in [2.45, 2.75) is 72.1 Å². The molecule has 1 aliphatic heterocycles. The van der Waals surface area contributed by atoms with Crippen molar-refractivity contribution in [2.24, 2.45) is 0 Å². The van der Waals surface area contributed by atoms with E-state index in [0.717, 1.165) is 19.3 Å². The molecule has 0 saturated heterocycles. The number of pyridine rings is 1. The van der Waals surface area contributed by atoms with E-state index in [2.05, 4.69) is 17.2 Å². The number of nitrogens with one attached hydrogen (secondary N) is 1. The highest BCUT2D eigenvalue weighted by atomic mass is 16.5. The highest BCUT2D eigenvalue weighted by molar-refractivity contribution is 5.99. The predicted octanol–water partition coefficient (Wildman–Crippen LogP) is 4.78. The number of aromatic nitrogens is 1. The third kappa shape index (κ3) is 6.18. The third-order valence-electron chi connectivity index (χ3n) is 5.19. The van der Waals surface area contributed by atoms with Crippen molar-refractivity contribution in [1.82, 2.24) is 10.3 Å². The first-order valence-electron chi connectivity index (χ1n) is 10.9. The van der Waals surface area contributed by atoms with Gasteiger partial charge in [-0.25, -0.2) is 9.59 Å². The second-order valence-electron chi connectivity index (χ2n) is 7.51. The van der Waals surface area contributed by atoms with Crippen molar-refractivity contribution in [3.05, 3.63) is 52.6 Å². The zero-order chi connectivity index (χ0) is 21.9. The molecule has 1 aliphatic rings. The van der Waals surface area contributed by atoms with Crippen molar-refractivity contribution < 1.29 is 19.1 Å². The van der Waals surface area contributed by atoms with E-state index < -0.39 is 17.9 Å². The van der Waals surface area contributed by atoms with Gasteiger partial charge < -0.3 is 14.8 Å². The molecule has 0 amide bonds. The van der Waals surface area contributed by atoms with Crippen molar-refractivity contribution in [3.8, 4) is 0 Å². The number of allylic oxidation sites excluding steroid dienone is 2. The molecule has 2 heterocycles. The SMILES string of the molecule is CCCCCCCCOC(=O)C1=C(C)NC(C)=C(C(=O)OCC)C1c1ccccn1. The molecule has 30 heavy (non-hydrogen) atoms. The molecule has 0 spiro atoms. The fourth-order valence-electron chi connectivity index (χ4n) is 3.71. The summed E-state index contributed by atoms with van der Waals surface area (Å²) in [7, 11) is 0. The number of rotatable bonds is 11. The zero-order valence-electron chi connectivity index (χ0n) is 18.6. The van der Waals surface area contributed by atoms with Gasteiger partial charge >= 0.3 is 11.9 Å². The number of hydrogen-bond acceptors (Lipinski definition) is 6. The average Bonchev–Trinajstić information content (AvgIpc) is 2.73. The summed E-state index contributed by atoms with van der Waals surface area (Å²) in [5, 5.41) is 3.15. The van der Waals surface area contributed by atoms with Crippen LogP contribution in [0.5, 0.6) is 0 Å². The summed E-state index contributed by atoms with van der Waals surface area (Å²) in [5.74, 6) is -1.49. The summed E-state index contributed by atoms with van der Waals surface area (Å²) >= 11 is 0. The highest BCUT2D eigenvalue weighted by Gasteiger charge is 2.38. The van der Waals surface area contributed by atoms with Crippen molar-refractivity contribution in [2.75, 3.05) is 13.2 Å². The molecule has 0 radical (unpaired) electrons. The Morgan fingerprint density at radius 2 is 1.57 bits per heavy atom. The van der Waals surface area contributed by atoms with E-state index in [4.69, 9.17) is 9.47 Å². The van der Waals surface area contributed by atoms with Crippen LogP contribution in [0.1, 0.15) is 77.8 Å². The van der Waals surface area contributed by atoms with Crippen LogP contribution in [-0.2, 0) is 19.1 Å². The summed E-state index contributed by atoms with van der Waals surface area (Å²) in [6, 6.07) is 5.46. The first kappa shape index (κ1) is 23.6. The van der Waals surface area contributed by atoms with E-state index in [1.807, 2.05) is 26.0 Å². The summed E-state index contributed by atoms with van der Waals surface area (Å²) in [5.41, 5.74) is 2.76. The molecule has 1 unspecified atom stereocenters. The molecule has 1 N–H and O–H groups in total. The largest absolute Gasteiger partial charge is 0.463 e. The molecule has 0 fully saturated rings. The number of carbonyl (C=O) groups is 2. The van der Waals surface area contributed by atoms with Crippen LogP contribution in [0.15, 0.2) is 46.9 Å². The monoisotopic (exact) mass is 414 g/mol. The number of hydrogen-bond donors (Lipinski definition) is 1. The fraction of sp³-hybridized carbons (Fsp3) is 0.542. The van der Waals surface area contributed by atoms with Gasteiger partial charge in [0.1, 0.15) is 0 Å². The van der Waals surface area contributed by atoms with Gasteiger partial charge in [0.15, 0.2) is 0 Å². The fourth-order valence-corrected chi connectivity index (χ4v) is 3.71. The topological polar surface area (TPSA) is 77.5 Å². The maximum Gasteiger partial charge on any atom is 0.336 e. The van der Waals surface area contributed by atoms with Crippen LogP contribution >= 0.6 is 0 Å². The third-order valence-corrected chi connectivity index (χ3v) is 5.19. The van der Waals surface area contributed by atoms with Gasteiger partial charge in [-0.15, -0.1) is 0 Å². The molecule has 0 saturated carbocycles. The molecule has 164 valence electrons. The lowest BCUT2D eigenvalue weighted by Crippen LogP contribution is -2.33. The van der Waals surface area contributed by atoms with Crippen molar-refractivity contribution in [3.63, 3.8) is 0 Å². The van der Waals surface area contributed by atoms with Gasteiger partial charge in [-0.05, 0) is 39.3 Å². The van der Waals surface area contributed by atoms with Crippen LogP contribution < -0.4 is 5.32 Å². The molecule has 0 bridgehead atoms. The molecular weight excluding hydrogens is 380 g/mol. The standard InChI is InChI=1S/C24H34N2O4/c1-5-7-8-9-10-13-16-30-24(28)21-18(4)26-17(3)20(23(27)29-6-2)22(21)19-14-11-12-15-25-19/h11-12,14-15,22,26H,5-10,13,16H2,1-4H3. The van der Waals surface area contributed by atoms with E-state index in [-0.39, 0.29) is 6.61 Å². The number of esters is 2. The van der Waals surface area contributed by atoms with Gasteiger partial charge in [-0.3, -0.25) is 4.98 Å². The van der Waals surface area contributed by atoms with Crippen LogP contribution in [0.4, 0.5) is 0 Å². The molecule has 6 nitrogen and oxygen atoms in total. The molecular formula is C24H34N2O4. The van der Waals surface area contributed by atoms with Crippen LogP contribution in [-0.4, -0.2) is 30.1 Å². The van der Waals surface area contributed by atoms with Crippen molar-refractivity contribution >= 4 is 11.9 Å². The smallest absolute Gasteiger partial charge is 0.336 e. The number of unbranched alkanes of at least 4 members (excludes halogenated alkanes) is 5. The molecule has 0 aromatic carbocycles. The van der Waals surface area contributed by atoms with E-state index >= 15 is 0 Å². The Bertz CT molecular complexity index is 784. The normalized spacial score (nSPS) is 16.3. The maximum atomic E-state index is 13.0. The minimum atomic E-state index is -0.622. The lowest BCUT2D eigenvalue weighted by atomic mass is 9.83. The molecule has 1 aromatic heterocycles. The summed E-state index contributed by atoms with van der Waals surface area (Å²) in [6.45, 7) is 8.21. The Hall–Kier alpha value is -2.63. The molecule has 6 heteroatoms. The van der Waals surface area contributed by atoms with Gasteiger partial charge in [0, 0.05) is 17.6 Å².